The van der Waals surface area contributed by atoms with Gasteiger partial charge in [0.05, 0.1) is 26.7 Å². The first-order valence-electron chi connectivity index (χ1n) is 10.1. The van der Waals surface area contributed by atoms with Gasteiger partial charge in [-0.1, -0.05) is 24.6 Å². The van der Waals surface area contributed by atoms with Crippen LogP contribution in [0, 0.1) is 5.92 Å². The summed E-state index contributed by atoms with van der Waals surface area (Å²) in [5.41, 5.74) is 0.453. The summed E-state index contributed by atoms with van der Waals surface area (Å²) in [5, 5.41) is 2.87. The molecule has 0 spiro atoms. The lowest BCUT2D eigenvalue weighted by Gasteiger charge is -2.26. The van der Waals surface area contributed by atoms with Crippen LogP contribution in [0.2, 0.25) is 0 Å². The zero-order valence-corrected chi connectivity index (χ0v) is 17.8. The van der Waals surface area contributed by atoms with E-state index in [-0.39, 0.29) is 37.7 Å². The number of hydrogen-bond acceptors (Lipinski definition) is 7. The number of esters is 3. The third-order valence-corrected chi connectivity index (χ3v) is 4.69. The van der Waals surface area contributed by atoms with Gasteiger partial charge < -0.3 is 19.5 Å². The zero-order chi connectivity index (χ0) is 22.4. The summed E-state index contributed by atoms with van der Waals surface area (Å²) < 4.78 is 14.5. The maximum atomic E-state index is 12.7. The Labute approximate surface area is 177 Å². The molecule has 0 saturated carbocycles. The minimum atomic E-state index is -0.653. The van der Waals surface area contributed by atoms with Crippen LogP contribution in [0.5, 0.6) is 0 Å². The second-order valence-corrected chi connectivity index (χ2v) is 6.74. The molecule has 0 saturated heterocycles. The summed E-state index contributed by atoms with van der Waals surface area (Å²) in [6.45, 7) is 1.91. The van der Waals surface area contributed by atoms with Crippen molar-refractivity contribution in [1.29, 1.82) is 0 Å². The number of nitrogens with one attached hydrogen (secondary N) is 1. The second-order valence-electron chi connectivity index (χ2n) is 6.74. The van der Waals surface area contributed by atoms with Crippen LogP contribution in [0.4, 0.5) is 0 Å². The van der Waals surface area contributed by atoms with Gasteiger partial charge in [-0.05, 0) is 38.3 Å². The van der Waals surface area contributed by atoms with Crippen LogP contribution in [0.15, 0.2) is 30.3 Å². The molecule has 0 bridgehead atoms. The summed E-state index contributed by atoms with van der Waals surface area (Å²) in [6, 6.07) is 8.01. The van der Waals surface area contributed by atoms with Gasteiger partial charge in [0.2, 0.25) is 0 Å². The fourth-order valence-electron chi connectivity index (χ4n) is 3.06. The zero-order valence-electron chi connectivity index (χ0n) is 17.8. The molecule has 0 fully saturated rings. The molecule has 1 aromatic carbocycles. The Morgan fingerprint density at radius 1 is 0.900 bits per heavy atom. The van der Waals surface area contributed by atoms with Crippen LogP contribution in [0.3, 0.4) is 0 Å². The van der Waals surface area contributed by atoms with E-state index in [9.17, 15) is 19.2 Å². The highest BCUT2D eigenvalue weighted by Crippen LogP contribution is 2.21. The molecule has 8 nitrogen and oxygen atoms in total. The Bertz CT molecular complexity index is 690. The summed E-state index contributed by atoms with van der Waals surface area (Å²) in [4.78, 5) is 48.3. The molecule has 8 heteroatoms. The van der Waals surface area contributed by atoms with E-state index in [4.69, 9.17) is 9.47 Å². The minimum absolute atomic E-state index is 0.0499. The van der Waals surface area contributed by atoms with Crippen molar-refractivity contribution in [1.82, 2.24) is 5.32 Å². The average Bonchev–Trinajstić information content (AvgIpc) is 2.76. The summed E-state index contributed by atoms with van der Waals surface area (Å²) in [7, 11) is 2.61. The van der Waals surface area contributed by atoms with Gasteiger partial charge >= 0.3 is 17.9 Å². The fraction of sp³-hybridized carbons (Fsp3) is 0.545. The number of hydrogen-bond donors (Lipinski definition) is 1. The molecule has 0 unspecified atom stereocenters. The molecule has 2 atom stereocenters. The van der Waals surface area contributed by atoms with E-state index < -0.39 is 23.9 Å². The van der Waals surface area contributed by atoms with Gasteiger partial charge in [-0.25, -0.2) is 0 Å². The summed E-state index contributed by atoms with van der Waals surface area (Å²) in [6.07, 6.45) is 2.03. The van der Waals surface area contributed by atoms with E-state index >= 15 is 0 Å². The number of methoxy groups -OCH3 is 2. The molecular formula is C22H31NO7. The summed E-state index contributed by atoms with van der Waals surface area (Å²) in [5.74, 6) is -2.18. The van der Waals surface area contributed by atoms with Crippen LogP contribution in [-0.2, 0) is 28.6 Å². The number of unbranched alkanes of at least 4 members (excludes halogenated alkanes) is 1. The van der Waals surface area contributed by atoms with Crippen LogP contribution < -0.4 is 5.32 Å². The lowest BCUT2D eigenvalue weighted by atomic mass is 9.90. The largest absolute Gasteiger partial charge is 0.469 e. The molecule has 0 radical (unpaired) electrons. The van der Waals surface area contributed by atoms with Gasteiger partial charge in [0.15, 0.2) is 0 Å². The number of carbonyl (C=O) groups excluding carboxylic acids is 4. The Morgan fingerprint density at radius 2 is 1.53 bits per heavy atom. The predicted octanol–water partition coefficient (Wildman–Crippen LogP) is 2.65. The lowest BCUT2D eigenvalue weighted by molar-refractivity contribution is -0.150. The van der Waals surface area contributed by atoms with Gasteiger partial charge in [-0.3, -0.25) is 19.2 Å². The molecule has 0 aliphatic rings. The smallest absolute Gasteiger partial charge is 0.311 e. The molecule has 166 valence electrons. The molecule has 1 amide bonds. The Kier molecular flexibility index (Phi) is 11.8. The van der Waals surface area contributed by atoms with Crippen LogP contribution >= 0.6 is 0 Å². The third kappa shape index (κ3) is 9.07. The van der Waals surface area contributed by atoms with Gasteiger partial charge in [0, 0.05) is 24.4 Å². The van der Waals surface area contributed by atoms with Crippen molar-refractivity contribution in [2.75, 3.05) is 20.8 Å². The number of carbonyl (C=O) groups is 4. The highest BCUT2D eigenvalue weighted by Gasteiger charge is 2.31. The predicted molar refractivity (Wildman–Crippen MR) is 110 cm³/mol. The molecule has 30 heavy (non-hydrogen) atoms. The second kappa shape index (κ2) is 14.1. The van der Waals surface area contributed by atoms with E-state index in [0.29, 0.717) is 24.8 Å². The quantitative estimate of drug-likeness (QED) is 0.296. The van der Waals surface area contributed by atoms with E-state index in [1.807, 2.05) is 0 Å². The van der Waals surface area contributed by atoms with Gasteiger partial charge in [-0.15, -0.1) is 0 Å². The normalized spacial score (nSPS) is 12.4. The Hall–Kier alpha value is -2.90. The average molecular weight is 421 g/mol. The molecule has 0 aromatic heterocycles. The lowest BCUT2D eigenvalue weighted by Crippen LogP contribution is -2.44. The van der Waals surface area contributed by atoms with Crippen molar-refractivity contribution in [3.8, 4) is 0 Å². The molecule has 0 aliphatic heterocycles. The van der Waals surface area contributed by atoms with Crippen molar-refractivity contribution in [3.63, 3.8) is 0 Å². The van der Waals surface area contributed by atoms with Crippen LogP contribution in [-0.4, -0.2) is 50.7 Å². The standard InChI is InChI=1S/C22H31NO7/c1-4-30-22(27)17(12-8-9-13-19(24)28-2)18(14-15-20(25)29-3)23-21(26)16-10-6-5-7-11-16/h5-7,10-11,17-18H,4,8-9,12-15H2,1-3H3,(H,23,26)/t17-,18+/m0/s1. The molecular weight excluding hydrogens is 390 g/mol. The fourth-order valence-corrected chi connectivity index (χ4v) is 3.06. The van der Waals surface area contributed by atoms with Crippen molar-refractivity contribution >= 4 is 23.8 Å². The molecule has 1 rings (SSSR count). The van der Waals surface area contributed by atoms with Gasteiger partial charge in [-0.2, -0.15) is 0 Å². The minimum Gasteiger partial charge on any atom is -0.469 e. The first kappa shape index (κ1) is 25.1. The van der Waals surface area contributed by atoms with E-state index in [0.717, 1.165) is 0 Å². The Morgan fingerprint density at radius 3 is 2.13 bits per heavy atom. The van der Waals surface area contributed by atoms with Crippen LogP contribution in [0.1, 0.15) is 55.8 Å². The van der Waals surface area contributed by atoms with Crippen molar-refractivity contribution in [2.45, 2.75) is 51.5 Å². The number of ether oxygens (including phenoxy) is 3. The van der Waals surface area contributed by atoms with Crippen molar-refractivity contribution in [3.05, 3.63) is 35.9 Å². The highest BCUT2D eigenvalue weighted by molar-refractivity contribution is 5.94. The topological polar surface area (TPSA) is 108 Å². The van der Waals surface area contributed by atoms with E-state index in [1.165, 1.54) is 14.2 Å². The highest BCUT2D eigenvalue weighted by atomic mass is 16.5. The molecule has 0 heterocycles. The van der Waals surface area contributed by atoms with E-state index in [2.05, 4.69) is 10.1 Å². The van der Waals surface area contributed by atoms with Gasteiger partial charge in [0.25, 0.3) is 5.91 Å². The number of rotatable bonds is 13. The molecule has 1 aromatic rings. The van der Waals surface area contributed by atoms with Crippen LogP contribution in [0.25, 0.3) is 0 Å². The molecule has 0 aliphatic carbocycles. The third-order valence-electron chi connectivity index (χ3n) is 4.69. The maximum Gasteiger partial charge on any atom is 0.311 e. The first-order valence-corrected chi connectivity index (χ1v) is 10.1. The van der Waals surface area contributed by atoms with Crippen molar-refractivity contribution < 1.29 is 33.4 Å². The maximum absolute atomic E-state index is 12.7. The summed E-state index contributed by atoms with van der Waals surface area (Å²) >= 11 is 0. The van der Waals surface area contributed by atoms with E-state index in [1.54, 1.807) is 37.3 Å². The Balaban J connectivity index is 2.94. The SMILES string of the molecule is CCOC(=O)[C@@H](CCCCC(=O)OC)[C@@H](CCC(=O)OC)NC(=O)c1ccccc1. The first-order chi connectivity index (χ1) is 14.4. The number of benzene rings is 1. The monoisotopic (exact) mass is 421 g/mol. The molecule has 1 N–H and O–H groups in total. The number of amides is 1. The van der Waals surface area contributed by atoms with Gasteiger partial charge in [0.1, 0.15) is 0 Å². The van der Waals surface area contributed by atoms with Crippen molar-refractivity contribution in [2.24, 2.45) is 5.92 Å².